The summed E-state index contributed by atoms with van der Waals surface area (Å²) < 4.78 is 6.71. The molecule has 198 valence electrons. The number of para-hydroxylation sites is 2. The van der Waals surface area contributed by atoms with E-state index in [1.807, 2.05) is 51.1 Å². The first kappa shape index (κ1) is 27.2. The van der Waals surface area contributed by atoms with Gasteiger partial charge in [0.2, 0.25) is 5.91 Å². The molecule has 2 aromatic carbocycles. The van der Waals surface area contributed by atoms with Crippen LogP contribution >= 0.6 is 11.8 Å². The number of thioether (sulfide) groups is 1. The molecule has 1 aliphatic heterocycles. The second kappa shape index (κ2) is 11.7. The molecule has 1 aliphatic rings. The predicted molar refractivity (Wildman–Crippen MR) is 150 cm³/mol. The molecule has 0 radical (unpaired) electrons. The van der Waals surface area contributed by atoms with Gasteiger partial charge in [0.15, 0.2) is 5.96 Å². The lowest BCUT2D eigenvalue weighted by molar-refractivity contribution is -0.135. The van der Waals surface area contributed by atoms with Crippen molar-refractivity contribution >= 4 is 34.7 Å². The molecule has 9 heteroatoms. The molecule has 1 amide bonds. The van der Waals surface area contributed by atoms with Crippen molar-refractivity contribution in [2.75, 3.05) is 32.4 Å². The van der Waals surface area contributed by atoms with Gasteiger partial charge in [-0.15, -0.1) is 11.8 Å². The summed E-state index contributed by atoms with van der Waals surface area (Å²) in [5.74, 6) is 1.06. The minimum Gasteiger partial charge on any atom is -0.370 e. The lowest BCUT2D eigenvalue weighted by Crippen LogP contribution is -2.47. The smallest absolute Gasteiger partial charge is 0.234 e. The number of H-pyrrole nitrogens is 1. The van der Waals surface area contributed by atoms with Crippen LogP contribution in [0.1, 0.15) is 51.1 Å². The first-order valence-corrected chi connectivity index (χ1v) is 13.8. The Labute approximate surface area is 223 Å². The fourth-order valence-corrected chi connectivity index (χ4v) is 5.37. The number of likely N-dealkylation sites (tertiary alicyclic amines) is 1. The standard InChI is InChI=1S/C28H38N6O2S/c1-28(2,3)26(35)34(27(29)30)16-17-37-21-9-7-8-19(18-21)24(36-20-12-14-33(4)15-13-20)25-31-22-10-5-6-11-23(22)32-25/h5-11,18,20,24H,12-17H2,1-4H3,(H3,29,30)(H,31,32). The van der Waals surface area contributed by atoms with Gasteiger partial charge in [0.25, 0.3) is 0 Å². The van der Waals surface area contributed by atoms with Crippen LogP contribution in [-0.4, -0.2) is 70.2 Å². The van der Waals surface area contributed by atoms with Gasteiger partial charge in [-0.1, -0.05) is 45.0 Å². The van der Waals surface area contributed by atoms with Gasteiger partial charge in [-0.05, 0) is 49.7 Å². The van der Waals surface area contributed by atoms with Gasteiger partial charge in [0.1, 0.15) is 11.9 Å². The van der Waals surface area contributed by atoms with Crippen molar-refractivity contribution in [2.24, 2.45) is 11.1 Å². The topological polar surface area (TPSA) is 111 Å². The second-order valence-corrected chi connectivity index (χ2v) is 11.8. The molecule has 8 nitrogen and oxygen atoms in total. The molecule has 0 spiro atoms. The minimum atomic E-state index is -0.596. The van der Waals surface area contributed by atoms with E-state index in [9.17, 15) is 4.79 Å². The normalized spacial score (nSPS) is 16.1. The van der Waals surface area contributed by atoms with Crippen LogP contribution < -0.4 is 5.73 Å². The summed E-state index contributed by atoms with van der Waals surface area (Å²) in [7, 11) is 2.15. The van der Waals surface area contributed by atoms with Crippen LogP contribution in [0.15, 0.2) is 53.4 Å². The highest BCUT2D eigenvalue weighted by Gasteiger charge is 2.29. The fourth-order valence-electron chi connectivity index (χ4n) is 4.47. The minimum absolute atomic E-state index is 0.147. The Hall–Kier alpha value is -2.88. The molecule has 0 saturated carbocycles. The number of ether oxygens (including phenoxy) is 1. The highest BCUT2D eigenvalue weighted by Crippen LogP contribution is 2.32. The third kappa shape index (κ3) is 6.91. The van der Waals surface area contributed by atoms with Gasteiger partial charge in [-0.25, -0.2) is 4.98 Å². The Morgan fingerprint density at radius 3 is 2.65 bits per heavy atom. The summed E-state index contributed by atoms with van der Waals surface area (Å²) in [5, 5.41) is 7.86. The largest absolute Gasteiger partial charge is 0.370 e. The van der Waals surface area contributed by atoms with Gasteiger partial charge in [-0.2, -0.15) is 0 Å². The van der Waals surface area contributed by atoms with Crippen molar-refractivity contribution < 1.29 is 9.53 Å². The number of aromatic amines is 1. The molecule has 37 heavy (non-hydrogen) atoms. The number of fused-ring (bicyclic) bond motifs is 1. The van der Waals surface area contributed by atoms with Gasteiger partial charge >= 0.3 is 0 Å². The molecule has 4 N–H and O–H groups in total. The molecule has 1 atom stereocenters. The Balaban J connectivity index is 1.52. The molecule has 1 saturated heterocycles. The van der Waals surface area contributed by atoms with Crippen LogP contribution in [0.2, 0.25) is 0 Å². The van der Waals surface area contributed by atoms with E-state index in [1.54, 1.807) is 11.8 Å². The summed E-state index contributed by atoms with van der Waals surface area (Å²) >= 11 is 1.63. The van der Waals surface area contributed by atoms with E-state index in [0.29, 0.717) is 12.3 Å². The van der Waals surface area contributed by atoms with Crippen molar-refractivity contribution in [3.05, 3.63) is 59.9 Å². The number of benzene rings is 2. The Kier molecular flexibility index (Phi) is 8.56. The molecule has 2 heterocycles. The van der Waals surface area contributed by atoms with E-state index in [1.165, 1.54) is 4.90 Å². The zero-order valence-corrected chi connectivity index (χ0v) is 23.0. The van der Waals surface area contributed by atoms with Crippen LogP contribution in [0.4, 0.5) is 0 Å². The zero-order chi connectivity index (χ0) is 26.6. The second-order valence-electron chi connectivity index (χ2n) is 10.7. The first-order valence-electron chi connectivity index (χ1n) is 12.8. The van der Waals surface area contributed by atoms with E-state index in [2.05, 4.69) is 35.1 Å². The van der Waals surface area contributed by atoms with E-state index in [0.717, 1.165) is 53.2 Å². The van der Waals surface area contributed by atoms with Gasteiger partial charge in [0, 0.05) is 35.7 Å². The highest BCUT2D eigenvalue weighted by atomic mass is 32.2. The van der Waals surface area contributed by atoms with Crippen LogP contribution in [-0.2, 0) is 9.53 Å². The van der Waals surface area contributed by atoms with Gasteiger partial charge < -0.3 is 20.4 Å². The van der Waals surface area contributed by atoms with E-state index >= 15 is 0 Å². The number of aromatic nitrogens is 2. The molecular formula is C28H38N6O2S. The zero-order valence-electron chi connectivity index (χ0n) is 22.2. The maximum absolute atomic E-state index is 12.7. The average molecular weight is 523 g/mol. The number of carbonyl (C=O) groups excluding carboxylic acids is 1. The third-order valence-electron chi connectivity index (χ3n) is 6.57. The molecule has 1 fully saturated rings. The number of hydrogen-bond acceptors (Lipinski definition) is 6. The van der Waals surface area contributed by atoms with Crippen molar-refractivity contribution in [3.63, 3.8) is 0 Å². The lowest BCUT2D eigenvalue weighted by atomic mass is 9.95. The highest BCUT2D eigenvalue weighted by molar-refractivity contribution is 7.99. The molecule has 4 rings (SSSR count). The van der Waals surface area contributed by atoms with Crippen LogP contribution in [0.25, 0.3) is 11.0 Å². The monoisotopic (exact) mass is 522 g/mol. The number of nitrogens with two attached hydrogens (primary N) is 1. The summed E-state index contributed by atoms with van der Waals surface area (Å²) in [6.07, 6.45) is 1.84. The summed E-state index contributed by atoms with van der Waals surface area (Å²) in [6.45, 7) is 7.93. The molecule has 0 bridgehead atoms. The SMILES string of the molecule is CN1CCC(OC(c2cccc(SCCN(C(=N)N)C(=O)C(C)(C)C)c2)c2nc3ccccc3[nH]2)CC1. The van der Waals surface area contributed by atoms with E-state index in [-0.39, 0.29) is 24.1 Å². The number of hydrogen-bond donors (Lipinski definition) is 3. The fraction of sp³-hybridized carbons (Fsp3) is 0.464. The Bertz CT molecular complexity index is 1200. The molecular weight excluding hydrogens is 484 g/mol. The number of imidazole rings is 1. The quantitative estimate of drug-likeness (QED) is 0.226. The summed E-state index contributed by atoms with van der Waals surface area (Å²) in [5.41, 5.74) is 8.08. The number of amides is 1. The maximum Gasteiger partial charge on any atom is 0.234 e. The van der Waals surface area contributed by atoms with Crippen molar-refractivity contribution in [3.8, 4) is 0 Å². The summed E-state index contributed by atoms with van der Waals surface area (Å²) in [4.78, 5) is 25.8. The van der Waals surface area contributed by atoms with Crippen LogP contribution in [0, 0.1) is 10.8 Å². The first-order chi connectivity index (χ1) is 17.6. The number of guanidine groups is 1. The predicted octanol–water partition coefficient (Wildman–Crippen LogP) is 4.62. The van der Waals surface area contributed by atoms with Crippen LogP contribution in [0.3, 0.4) is 0 Å². The van der Waals surface area contributed by atoms with Gasteiger partial charge in [0.05, 0.1) is 17.1 Å². The number of carbonyl (C=O) groups is 1. The van der Waals surface area contributed by atoms with E-state index < -0.39 is 5.41 Å². The van der Waals surface area contributed by atoms with E-state index in [4.69, 9.17) is 20.9 Å². The van der Waals surface area contributed by atoms with Crippen molar-refractivity contribution in [1.29, 1.82) is 5.41 Å². The molecule has 1 aromatic heterocycles. The van der Waals surface area contributed by atoms with Crippen molar-refractivity contribution in [1.82, 2.24) is 19.8 Å². The molecule has 1 unspecified atom stereocenters. The van der Waals surface area contributed by atoms with Crippen molar-refractivity contribution in [2.45, 2.75) is 50.7 Å². The number of nitrogens with one attached hydrogen (secondary N) is 2. The lowest BCUT2D eigenvalue weighted by Gasteiger charge is -2.31. The average Bonchev–Trinajstić information content (AvgIpc) is 3.29. The summed E-state index contributed by atoms with van der Waals surface area (Å²) in [6, 6.07) is 16.4. The van der Waals surface area contributed by atoms with Crippen LogP contribution in [0.5, 0.6) is 0 Å². The van der Waals surface area contributed by atoms with Gasteiger partial charge in [-0.3, -0.25) is 15.1 Å². The molecule has 3 aromatic rings. The Morgan fingerprint density at radius 2 is 1.97 bits per heavy atom. The number of piperidine rings is 1. The number of nitrogens with zero attached hydrogens (tertiary/aromatic N) is 3. The maximum atomic E-state index is 12.7. The number of rotatable bonds is 8. The Morgan fingerprint density at radius 1 is 1.24 bits per heavy atom. The molecule has 0 aliphatic carbocycles. The third-order valence-corrected chi connectivity index (χ3v) is 7.55.